The topological polar surface area (TPSA) is 50.2 Å². The van der Waals surface area contributed by atoms with E-state index in [0.29, 0.717) is 25.2 Å². The molecule has 2 aromatic rings. The molecule has 0 saturated heterocycles. The van der Waals surface area contributed by atoms with Gasteiger partial charge < -0.3 is 10.2 Å². The summed E-state index contributed by atoms with van der Waals surface area (Å²) < 4.78 is 40.1. The lowest BCUT2D eigenvalue weighted by molar-refractivity contribution is -0.137. The van der Waals surface area contributed by atoms with E-state index in [1.807, 2.05) is 11.1 Å². The summed E-state index contributed by atoms with van der Waals surface area (Å²) in [6.07, 6.45) is -0.615. The van der Waals surface area contributed by atoms with Gasteiger partial charge in [-0.05, 0) is 42.7 Å². The van der Waals surface area contributed by atoms with Crippen LogP contribution in [0.1, 0.15) is 11.3 Å². The minimum Gasteiger partial charge on any atom is -0.352 e. The second-order valence-electron chi connectivity index (χ2n) is 6.31. The molecule has 138 valence electrons. The quantitative estimate of drug-likeness (QED) is 0.849. The Morgan fingerprint density at radius 3 is 2.69 bits per heavy atom. The van der Waals surface area contributed by atoms with Gasteiger partial charge in [-0.1, -0.05) is 6.58 Å². The molecule has 0 spiro atoms. The molecule has 1 aliphatic rings. The first-order valence-electron chi connectivity index (χ1n) is 8.15. The summed E-state index contributed by atoms with van der Waals surface area (Å²) in [5, 5.41) is 7.22. The fraction of sp³-hybridized carbons (Fsp3) is 0.333. The van der Waals surface area contributed by atoms with Gasteiger partial charge in [0.15, 0.2) is 0 Å². The Morgan fingerprint density at radius 2 is 2.08 bits per heavy atom. The van der Waals surface area contributed by atoms with Crippen LogP contribution in [0.4, 0.5) is 24.5 Å². The molecule has 0 bridgehead atoms. The van der Waals surface area contributed by atoms with Gasteiger partial charge in [0.25, 0.3) is 0 Å². The molecule has 0 saturated carbocycles. The Kier molecular flexibility index (Phi) is 4.76. The highest BCUT2D eigenvalue weighted by Gasteiger charge is 2.32. The monoisotopic (exact) mass is 364 g/mol. The normalized spacial score (nSPS) is 16.9. The maximum absolute atomic E-state index is 12.8. The molecule has 1 N–H and O–H groups in total. The van der Waals surface area contributed by atoms with E-state index < -0.39 is 11.7 Å². The van der Waals surface area contributed by atoms with E-state index >= 15 is 0 Å². The highest BCUT2D eigenvalue weighted by atomic mass is 19.4. The molecule has 1 aliphatic heterocycles. The van der Waals surface area contributed by atoms with Crippen molar-refractivity contribution in [3.63, 3.8) is 0 Å². The number of nitrogens with one attached hydrogen (secondary N) is 1. The molecule has 1 atom stereocenters. The molecule has 1 aromatic carbocycles. The van der Waals surface area contributed by atoms with Gasteiger partial charge in [0.1, 0.15) is 0 Å². The maximum atomic E-state index is 12.8. The number of amides is 1. The lowest BCUT2D eigenvalue weighted by Gasteiger charge is -2.33. The predicted octanol–water partition coefficient (Wildman–Crippen LogP) is 3.05. The molecule has 0 aliphatic carbocycles. The second-order valence-corrected chi connectivity index (χ2v) is 6.31. The highest BCUT2D eigenvalue weighted by Crippen LogP contribution is 2.36. The van der Waals surface area contributed by atoms with Crippen LogP contribution >= 0.6 is 0 Å². The molecule has 8 heteroatoms. The Morgan fingerprint density at radius 1 is 1.38 bits per heavy atom. The van der Waals surface area contributed by atoms with Crippen molar-refractivity contribution in [3.05, 3.63) is 54.4 Å². The zero-order valence-electron chi connectivity index (χ0n) is 14.3. The number of alkyl halides is 3. The fourth-order valence-corrected chi connectivity index (χ4v) is 3.12. The van der Waals surface area contributed by atoms with Crippen molar-refractivity contribution in [1.82, 2.24) is 15.1 Å². The van der Waals surface area contributed by atoms with Gasteiger partial charge in [0, 0.05) is 32.0 Å². The Balaban J connectivity index is 1.86. The third kappa shape index (κ3) is 3.74. The van der Waals surface area contributed by atoms with Crippen molar-refractivity contribution in [2.45, 2.75) is 12.6 Å². The van der Waals surface area contributed by atoms with Crippen LogP contribution in [-0.2, 0) is 24.4 Å². The van der Waals surface area contributed by atoms with Gasteiger partial charge in [0.05, 0.1) is 16.9 Å². The third-order valence-corrected chi connectivity index (χ3v) is 4.35. The maximum Gasteiger partial charge on any atom is 0.416 e. The number of anilines is 2. The summed E-state index contributed by atoms with van der Waals surface area (Å²) in [4.78, 5) is 13.4. The first-order chi connectivity index (χ1) is 12.3. The molecule has 1 aromatic heterocycles. The zero-order valence-corrected chi connectivity index (χ0v) is 14.3. The van der Waals surface area contributed by atoms with Crippen molar-refractivity contribution in [3.8, 4) is 0 Å². The lowest BCUT2D eigenvalue weighted by atomic mass is 9.96. The third-order valence-electron chi connectivity index (χ3n) is 4.35. The van der Waals surface area contributed by atoms with Crippen LogP contribution in [0.3, 0.4) is 0 Å². The highest BCUT2D eigenvalue weighted by molar-refractivity contribution is 5.86. The smallest absolute Gasteiger partial charge is 0.352 e. The van der Waals surface area contributed by atoms with Crippen LogP contribution in [0.25, 0.3) is 0 Å². The Labute approximate surface area is 149 Å². The van der Waals surface area contributed by atoms with E-state index in [0.717, 1.165) is 23.5 Å². The van der Waals surface area contributed by atoms with Gasteiger partial charge in [-0.2, -0.15) is 18.3 Å². The van der Waals surface area contributed by atoms with Crippen molar-refractivity contribution >= 4 is 17.3 Å². The number of fused-ring (bicyclic) bond motifs is 1. The number of aryl methyl sites for hydroxylation is 1. The summed E-state index contributed by atoms with van der Waals surface area (Å²) >= 11 is 0. The molecule has 1 amide bonds. The SMILES string of the molecule is C=CC(=O)NCC1Cc2nn(C)cc2N(c2ccc(C(F)(F)F)cc2)C1. The zero-order chi connectivity index (χ0) is 18.9. The number of carbonyl (C=O) groups excluding carboxylic acids is 1. The second kappa shape index (κ2) is 6.86. The van der Waals surface area contributed by atoms with Crippen LogP contribution in [0.2, 0.25) is 0 Å². The first kappa shape index (κ1) is 18.0. The number of hydrogen-bond donors (Lipinski definition) is 1. The number of nitrogens with zero attached hydrogens (tertiary/aromatic N) is 3. The van der Waals surface area contributed by atoms with E-state index in [-0.39, 0.29) is 11.8 Å². The number of carbonyl (C=O) groups is 1. The molecular weight excluding hydrogens is 345 g/mol. The van der Waals surface area contributed by atoms with E-state index in [2.05, 4.69) is 17.0 Å². The van der Waals surface area contributed by atoms with E-state index in [4.69, 9.17) is 0 Å². The molecule has 1 unspecified atom stereocenters. The van der Waals surface area contributed by atoms with Crippen LogP contribution in [0.5, 0.6) is 0 Å². The van der Waals surface area contributed by atoms with Gasteiger partial charge in [0.2, 0.25) is 5.91 Å². The van der Waals surface area contributed by atoms with Crippen LogP contribution in [0, 0.1) is 5.92 Å². The van der Waals surface area contributed by atoms with E-state index in [9.17, 15) is 18.0 Å². The van der Waals surface area contributed by atoms with Gasteiger partial charge in [-0.25, -0.2) is 0 Å². The number of halogens is 3. The predicted molar refractivity (Wildman–Crippen MR) is 92.1 cm³/mol. The molecule has 26 heavy (non-hydrogen) atoms. The largest absolute Gasteiger partial charge is 0.416 e. The van der Waals surface area contributed by atoms with Crippen LogP contribution < -0.4 is 10.2 Å². The molecule has 2 heterocycles. The van der Waals surface area contributed by atoms with Crippen LogP contribution in [-0.4, -0.2) is 28.8 Å². The molecular formula is C18H19F3N4O. The summed E-state index contributed by atoms with van der Waals surface area (Å²) in [6.45, 7) is 4.44. The van der Waals surface area contributed by atoms with Gasteiger partial charge in [-0.15, -0.1) is 0 Å². The summed E-state index contributed by atoms with van der Waals surface area (Å²) in [7, 11) is 1.80. The van der Waals surface area contributed by atoms with E-state index in [1.54, 1.807) is 11.7 Å². The minimum absolute atomic E-state index is 0.0867. The van der Waals surface area contributed by atoms with Crippen molar-refractivity contribution in [2.75, 3.05) is 18.0 Å². The Bertz CT molecular complexity index is 811. The summed E-state index contributed by atoms with van der Waals surface area (Å²) in [5.74, 6) is -0.165. The van der Waals surface area contributed by atoms with Gasteiger partial charge >= 0.3 is 6.18 Å². The number of hydrogen-bond acceptors (Lipinski definition) is 3. The minimum atomic E-state index is -4.36. The molecule has 0 radical (unpaired) electrons. The van der Waals surface area contributed by atoms with E-state index in [1.165, 1.54) is 18.2 Å². The Hall–Kier alpha value is -2.77. The number of aromatic nitrogens is 2. The summed E-state index contributed by atoms with van der Waals surface area (Å²) in [5.41, 5.74) is 1.71. The van der Waals surface area contributed by atoms with Gasteiger partial charge in [-0.3, -0.25) is 9.48 Å². The van der Waals surface area contributed by atoms with Crippen molar-refractivity contribution in [1.29, 1.82) is 0 Å². The average Bonchev–Trinajstić information content (AvgIpc) is 2.98. The lowest BCUT2D eigenvalue weighted by Crippen LogP contribution is -2.38. The number of rotatable bonds is 4. The molecule has 0 fully saturated rings. The average molecular weight is 364 g/mol. The molecule has 3 rings (SSSR count). The van der Waals surface area contributed by atoms with Crippen molar-refractivity contribution < 1.29 is 18.0 Å². The molecule has 5 nitrogen and oxygen atoms in total. The number of benzene rings is 1. The fourth-order valence-electron chi connectivity index (χ4n) is 3.12. The van der Waals surface area contributed by atoms with Crippen molar-refractivity contribution in [2.24, 2.45) is 13.0 Å². The van der Waals surface area contributed by atoms with Crippen LogP contribution in [0.15, 0.2) is 43.1 Å². The standard InChI is InChI=1S/C18H19F3N4O/c1-3-17(26)22-9-12-8-15-16(11-24(2)23-15)25(10-12)14-6-4-13(5-7-14)18(19,20)21/h3-7,11-12H,1,8-10H2,2H3,(H,22,26). The first-order valence-corrected chi connectivity index (χ1v) is 8.15. The summed E-state index contributed by atoms with van der Waals surface area (Å²) in [6, 6.07) is 5.08.